The van der Waals surface area contributed by atoms with E-state index in [1.165, 1.54) is 6.92 Å². The summed E-state index contributed by atoms with van der Waals surface area (Å²) >= 11 is 0. The zero-order chi connectivity index (χ0) is 21.4. The first kappa shape index (κ1) is 24.0. The summed E-state index contributed by atoms with van der Waals surface area (Å²) in [6.07, 6.45) is 2.25. The van der Waals surface area contributed by atoms with Gasteiger partial charge in [-0.25, -0.2) is 0 Å². The highest BCUT2D eigenvalue weighted by Gasteiger charge is 2.55. The van der Waals surface area contributed by atoms with Crippen LogP contribution in [0.5, 0.6) is 0 Å². The molecule has 4 heteroatoms. The van der Waals surface area contributed by atoms with E-state index in [1.807, 2.05) is 0 Å². The van der Waals surface area contributed by atoms with E-state index >= 15 is 0 Å². The number of hydrogen-bond donors (Lipinski definition) is 0. The molecule has 0 radical (unpaired) electrons. The Morgan fingerprint density at radius 3 is 1.85 bits per heavy atom. The van der Waals surface area contributed by atoms with Gasteiger partial charge in [-0.15, -0.1) is 0 Å². The lowest BCUT2D eigenvalue weighted by Gasteiger charge is -2.56. The van der Waals surface area contributed by atoms with Crippen LogP contribution >= 0.6 is 0 Å². The lowest BCUT2D eigenvalue weighted by atomic mass is 9.55. The van der Waals surface area contributed by atoms with Crippen LogP contribution in [-0.2, 0) is 14.3 Å². The minimum Gasteiger partial charge on any atom is -0.461 e. The van der Waals surface area contributed by atoms with Crippen LogP contribution < -0.4 is 0 Å². The van der Waals surface area contributed by atoms with Gasteiger partial charge in [-0.3, -0.25) is 9.59 Å². The van der Waals surface area contributed by atoms with E-state index in [0.29, 0.717) is 6.42 Å². The lowest BCUT2D eigenvalue weighted by Crippen LogP contribution is -2.59. The first-order chi connectivity index (χ1) is 11.9. The third-order valence-corrected chi connectivity index (χ3v) is 6.51. The third kappa shape index (κ3) is 5.48. The van der Waals surface area contributed by atoms with E-state index in [1.54, 1.807) is 0 Å². The Hall–Kier alpha value is -1.06. The number of rotatable bonds is 6. The van der Waals surface area contributed by atoms with Gasteiger partial charge in [-0.2, -0.15) is 0 Å². The van der Waals surface area contributed by atoms with Crippen molar-refractivity contribution in [2.24, 2.45) is 21.7 Å². The molecule has 0 aromatic carbocycles. The van der Waals surface area contributed by atoms with Gasteiger partial charge in [0.05, 0.1) is 0 Å². The van der Waals surface area contributed by atoms with Crippen molar-refractivity contribution in [1.82, 2.24) is 4.90 Å². The predicted octanol–water partition coefficient (Wildman–Crippen LogP) is 5.44. The van der Waals surface area contributed by atoms with Gasteiger partial charge in [0.25, 0.3) is 0 Å². The second-order valence-electron chi connectivity index (χ2n) is 11.8. The van der Waals surface area contributed by atoms with Crippen LogP contribution in [-0.4, -0.2) is 35.5 Å². The lowest BCUT2D eigenvalue weighted by molar-refractivity contribution is -0.179. The number of amides is 1. The smallest absolute Gasteiger partial charge is 0.302 e. The van der Waals surface area contributed by atoms with E-state index < -0.39 is 0 Å². The highest BCUT2D eigenvalue weighted by atomic mass is 16.5. The Bertz CT molecular complexity index is 549. The molecule has 2 atom stereocenters. The average Bonchev–Trinajstić information content (AvgIpc) is 2.85. The van der Waals surface area contributed by atoms with Gasteiger partial charge in [0.1, 0.15) is 6.10 Å². The maximum atomic E-state index is 12.7. The zero-order valence-electron chi connectivity index (χ0n) is 19.7. The monoisotopic (exact) mass is 381 g/mol. The summed E-state index contributed by atoms with van der Waals surface area (Å²) in [5, 5.41) is 0. The van der Waals surface area contributed by atoms with Crippen LogP contribution in [0.2, 0.25) is 0 Å². The van der Waals surface area contributed by atoms with Crippen molar-refractivity contribution in [2.75, 3.05) is 6.54 Å². The Kier molecular flexibility index (Phi) is 6.88. The SMILES string of the molecule is CC(=O)OC(C(C)(C)C)C(C)(C)C(C)(C)C(CC(C)(C)C)N1CCCC1=O. The number of carbonyl (C=O) groups is 2. The Labute approximate surface area is 167 Å². The molecule has 1 heterocycles. The molecule has 0 aromatic heterocycles. The molecule has 0 saturated carbocycles. The van der Waals surface area contributed by atoms with Crippen molar-refractivity contribution in [2.45, 2.75) is 108 Å². The van der Waals surface area contributed by atoms with Crippen LogP contribution in [0.25, 0.3) is 0 Å². The van der Waals surface area contributed by atoms with E-state index in [0.717, 1.165) is 19.4 Å². The van der Waals surface area contributed by atoms with E-state index in [2.05, 4.69) is 74.1 Å². The minimum atomic E-state index is -0.324. The topological polar surface area (TPSA) is 46.6 Å². The number of nitrogens with zero attached hydrogens (tertiary/aromatic N) is 1. The van der Waals surface area contributed by atoms with E-state index in [9.17, 15) is 9.59 Å². The highest BCUT2D eigenvalue weighted by molar-refractivity contribution is 5.78. The van der Waals surface area contributed by atoms with Crippen molar-refractivity contribution in [3.8, 4) is 0 Å². The molecular weight excluding hydrogens is 338 g/mol. The summed E-state index contributed by atoms with van der Waals surface area (Å²) in [5.41, 5.74) is -0.670. The van der Waals surface area contributed by atoms with Crippen molar-refractivity contribution < 1.29 is 14.3 Å². The minimum absolute atomic E-state index is 0.0968. The van der Waals surface area contributed by atoms with E-state index in [4.69, 9.17) is 4.74 Å². The fraction of sp³-hybridized carbons (Fsp3) is 0.913. The number of ether oxygens (including phenoxy) is 1. The second kappa shape index (κ2) is 7.75. The van der Waals surface area contributed by atoms with Crippen molar-refractivity contribution in [1.29, 1.82) is 0 Å². The molecule has 2 unspecified atom stereocenters. The van der Waals surface area contributed by atoms with Crippen LogP contribution in [0.15, 0.2) is 0 Å². The third-order valence-electron chi connectivity index (χ3n) is 6.51. The van der Waals surface area contributed by atoms with Crippen LogP contribution in [0.1, 0.15) is 95.4 Å². The molecule has 1 amide bonds. The van der Waals surface area contributed by atoms with Crippen molar-refractivity contribution in [3.05, 3.63) is 0 Å². The number of esters is 1. The van der Waals surface area contributed by atoms with Gasteiger partial charge in [-0.05, 0) is 29.1 Å². The molecule has 1 fully saturated rings. The van der Waals surface area contributed by atoms with Gasteiger partial charge >= 0.3 is 5.97 Å². The fourth-order valence-corrected chi connectivity index (χ4v) is 4.67. The molecule has 0 spiro atoms. The summed E-state index contributed by atoms with van der Waals surface area (Å²) in [6.45, 7) is 24.3. The van der Waals surface area contributed by atoms with Gasteiger partial charge in [-0.1, -0.05) is 69.2 Å². The molecular formula is C23H43NO3. The number of likely N-dealkylation sites (tertiary alicyclic amines) is 1. The second-order valence-corrected chi connectivity index (χ2v) is 11.8. The Balaban J connectivity index is 3.43. The molecule has 0 aromatic rings. The molecule has 0 bridgehead atoms. The first-order valence-corrected chi connectivity index (χ1v) is 10.4. The van der Waals surface area contributed by atoms with Gasteiger partial charge in [0, 0.05) is 31.3 Å². The summed E-state index contributed by atoms with van der Waals surface area (Å²) in [6, 6.07) is 0.0999. The molecule has 158 valence electrons. The highest BCUT2D eigenvalue weighted by Crippen LogP contribution is 2.53. The molecule has 1 aliphatic rings. The summed E-state index contributed by atoms with van der Waals surface area (Å²) in [7, 11) is 0. The number of hydrogen-bond acceptors (Lipinski definition) is 3. The molecule has 0 aliphatic carbocycles. The molecule has 0 N–H and O–H groups in total. The average molecular weight is 382 g/mol. The van der Waals surface area contributed by atoms with E-state index in [-0.39, 0.29) is 45.7 Å². The normalized spacial score (nSPS) is 19.2. The summed E-state index contributed by atoms with van der Waals surface area (Å²) < 4.78 is 5.89. The van der Waals surface area contributed by atoms with Crippen molar-refractivity contribution >= 4 is 11.9 Å². The Morgan fingerprint density at radius 1 is 1.00 bits per heavy atom. The fourth-order valence-electron chi connectivity index (χ4n) is 4.67. The molecule has 1 aliphatic heterocycles. The maximum absolute atomic E-state index is 12.7. The molecule has 4 nitrogen and oxygen atoms in total. The van der Waals surface area contributed by atoms with Gasteiger partial charge < -0.3 is 9.64 Å². The van der Waals surface area contributed by atoms with Crippen LogP contribution in [0.3, 0.4) is 0 Å². The molecule has 1 rings (SSSR count). The van der Waals surface area contributed by atoms with Crippen LogP contribution in [0.4, 0.5) is 0 Å². The van der Waals surface area contributed by atoms with Crippen LogP contribution in [0, 0.1) is 21.7 Å². The predicted molar refractivity (Wildman–Crippen MR) is 111 cm³/mol. The number of carbonyl (C=O) groups excluding carboxylic acids is 2. The summed E-state index contributed by atoms with van der Waals surface area (Å²) in [4.78, 5) is 26.7. The Morgan fingerprint density at radius 2 is 1.52 bits per heavy atom. The maximum Gasteiger partial charge on any atom is 0.302 e. The molecule has 27 heavy (non-hydrogen) atoms. The first-order valence-electron chi connectivity index (χ1n) is 10.4. The zero-order valence-corrected chi connectivity index (χ0v) is 19.7. The quantitative estimate of drug-likeness (QED) is 0.575. The standard InChI is InChI=1S/C23H43NO3/c1-16(25)27-19(21(5,6)7)23(10,11)22(8,9)17(15-20(2,3)4)24-14-12-13-18(24)26/h17,19H,12-15H2,1-11H3. The van der Waals surface area contributed by atoms with Crippen molar-refractivity contribution in [3.63, 3.8) is 0 Å². The molecule has 1 saturated heterocycles. The van der Waals surface area contributed by atoms with Gasteiger partial charge in [0.15, 0.2) is 0 Å². The van der Waals surface area contributed by atoms with Gasteiger partial charge in [0.2, 0.25) is 5.91 Å². The summed E-state index contributed by atoms with van der Waals surface area (Å²) in [5.74, 6) is 0.0105. The largest absolute Gasteiger partial charge is 0.461 e.